The second-order valence-corrected chi connectivity index (χ2v) is 6.57. The summed E-state index contributed by atoms with van der Waals surface area (Å²) >= 11 is 0. The van der Waals surface area contributed by atoms with Crippen molar-refractivity contribution in [2.24, 2.45) is 0 Å². The zero-order chi connectivity index (χ0) is 18.5. The van der Waals surface area contributed by atoms with Gasteiger partial charge < -0.3 is 9.64 Å². The standard InChI is InChI=1S/C22H21N3O2/c26-22(18-8-5-11-23-15-18)25-12-13-27-21(16-25)20-10-4-9-19(24-20)14-17-6-2-1-3-7-17/h1-11,15,21H,12-14,16H2/t21-/m1/s1. The molecule has 1 aliphatic rings. The van der Waals surface area contributed by atoms with Gasteiger partial charge in [-0.1, -0.05) is 36.4 Å². The lowest BCUT2D eigenvalue weighted by molar-refractivity contribution is -0.0248. The normalized spacial score (nSPS) is 16.9. The van der Waals surface area contributed by atoms with Crippen LogP contribution in [0.25, 0.3) is 0 Å². The summed E-state index contributed by atoms with van der Waals surface area (Å²) < 4.78 is 5.91. The van der Waals surface area contributed by atoms with Gasteiger partial charge in [0.2, 0.25) is 0 Å². The summed E-state index contributed by atoms with van der Waals surface area (Å²) in [7, 11) is 0. The van der Waals surface area contributed by atoms with Crippen LogP contribution < -0.4 is 0 Å². The van der Waals surface area contributed by atoms with E-state index in [0.29, 0.717) is 25.3 Å². The lowest BCUT2D eigenvalue weighted by Crippen LogP contribution is -2.42. The highest BCUT2D eigenvalue weighted by molar-refractivity contribution is 5.93. The Morgan fingerprint density at radius 1 is 1.07 bits per heavy atom. The number of pyridine rings is 2. The maximum absolute atomic E-state index is 12.7. The lowest BCUT2D eigenvalue weighted by Gasteiger charge is -2.32. The predicted octanol–water partition coefficient (Wildman–Crippen LogP) is 3.28. The van der Waals surface area contributed by atoms with Crippen molar-refractivity contribution in [3.63, 3.8) is 0 Å². The number of carbonyl (C=O) groups excluding carboxylic acids is 1. The van der Waals surface area contributed by atoms with Gasteiger partial charge in [-0.25, -0.2) is 0 Å². The SMILES string of the molecule is O=C(c1cccnc1)N1CCO[C@@H](c2cccc(Cc3ccccc3)n2)C1. The smallest absolute Gasteiger partial charge is 0.255 e. The molecule has 0 radical (unpaired) electrons. The summed E-state index contributed by atoms with van der Waals surface area (Å²) in [5.74, 6) is -0.0168. The third-order valence-electron chi connectivity index (χ3n) is 4.65. The number of rotatable bonds is 4. The van der Waals surface area contributed by atoms with Gasteiger partial charge in [0.25, 0.3) is 5.91 Å². The van der Waals surface area contributed by atoms with E-state index in [-0.39, 0.29) is 12.0 Å². The van der Waals surface area contributed by atoms with Crippen LogP contribution in [0.15, 0.2) is 73.1 Å². The molecule has 1 aliphatic heterocycles. The Morgan fingerprint density at radius 3 is 2.78 bits per heavy atom. The first kappa shape index (κ1) is 17.4. The van der Waals surface area contributed by atoms with Crippen LogP contribution in [-0.4, -0.2) is 40.5 Å². The van der Waals surface area contributed by atoms with Gasteiger partial charge in [-0.15, -0.1) is 0 Å². The number of nitrogens with zero attached hydrogens (tertiary/aromatic N) is 3. The number of hydrogen-bond donors (Lipinski definition) is 0. The number of aromatic nitrogens is 2. The van der Waals surface area contributed by atoms with E-state index in [1.54, 1.807) is 24.5 Å². The van der Waals surface area contributed by atoms with Crippen molar-refractivity contribution in [1.29, 1.82) is 0 Å². The maximum Gasteiger partial charge on any atom is 0.255 e. The minimum Gasteiger partial charge on any atom is -0.368 e. The highest BCUT2D eigenvalue weighted by Gasteiger charge is 2.27. The van der Waals surface area contributed by atoms with E-state index < -0.39 is 0 Å². The number of amides is 1. The van der Waals surface area contributed by atoms with Gasteiger partial charge in [-0.2, -0.15) is 0 Å². The first-order chi connectivity index (χ1) is 13.3. The summed E-state index contributed by atoms with van der Waals surface area (Å²) in [6.45, 7) is 1.57. The molecule has 3 heterocycles. The zero-order valence-electron chi connectivity index (χ0n) is 15.0. The van der Waals surface area contributed by atoms with Crippen LogP contribution in [0.2, 0.25) is 0 Å². The van der Waals surface area contributed by atoms with Crippen LogP contribution in [0.1, 0.15) is 33.4 Å². The molecule has 1 saturated heterocycles. The molecule has 0 unspecified atom stereocenters. The molecule has 136 valence electrons. The van der Waals surface area contributed by atoms with Crippen molar-refractivity contribution < 1.29 is 9.53 Å². The van der Waals surface area contributed by atoms with Crippen LogP contribution in [0.5, 0.6) is 0 Å². The quantitative estimate of drug-likeness (QED) is 0.717. The fourth-order valence-corrected chi connectivity index (χ4v) is 3.27. The van der Waals surface area contributed by atoms with Crippen LogP contribution in [-0.2, 0) is 11.2 Å². The van der Waals surface area contributed by atoms with Crippen molar-refractivity contribution in [2.75, 3.05) is 19.7 Å². The third-order valence-corrected chi connectivity index (χ3v) is 4.65. The fourth-order valence-electron chi connectivity index (χ4n) is 3.27. The van der Waals surface area contributed by atoms with E-state index in [4.69, 9.17) is 9.72 Å². The Balaban J connectivity index is 1.48. The molecular weight excluding hydrogens is 338 g/mol. The molecule has 0 aliphatic carbocycles. The van der Waals surface area contributed by atoms with E-state index in [9.17, 15) is 4.79 Å². The van der Waals surface area contributed by atoms with E-state index in [0.717, 1.165) is 17.8 Å². The average molecular weight is 359 g/mol. The van der Waals surface area contributed by atoms with Crippen molar-refractivity contribution in [3.05, 3.63) is 95.6 Å². The Labute approximate surface area is 158 Å². The Morgan fingerprint density at radius 2 is 1.96 bits per heavy atom. The van der Waals surface area contributed by atoms with E-state index in [1.165, 1.54) is 5.56 Å². The van der Waals surface area contributed by atoms with E-state index in [1.807, 2.05) is 41.3 Å². The monoisotopic (exact) mass is 359 g/mol. The van der Waals surface area contributed by atoms with Gasteiger partial charge in [0.1, 0.15) is 6.10 Å². The van der Waals surface area contributed by atoms with Gasteiger partial charge >= 0.3 is 0 Å². The number of carbonyl (C=O) groups is 1. The second-order valence-electron chi connectivity index (χ2n) is 6.57. The molecule has 0 saturated carbocycles. The first-order valence-corrected chi connectivity index (χ1v) is 9.10. The second kappa shape index (κ2) is 8.10. The molecule has 0 spiro atoms. The fraction of sp³-hybridized carbons (Fsp3) is 0.227. The molecule has 0 bridgehead atoms. The molecule has 0 N–H and O–H groups in total. The molecule has 3 aromatic rings. The minimum atomic E-state index is -0.213. The van der Waals surface area contributed by atoms with Crippen molar-refractivity contribution in [1.82, 2.24) is 14.9 Å². The largest absolute Gasteiger partial charge is 0.368 e. The molecule has 5 nitrogen and oxygen atoms in total. The first-order valence-electron chi connectivity index (χ1n) is 9.10. The minimum absolute atomic E-state index is 0.0168. The molecule has 1 aromatic carbocycles. The van der Waals surface area contributed by atoms with Crippen molar-refractivity contribution in [3.8, 4) is 0 Å². The Bertz CT molecular complexity index is 900. The van der Waals surface area contributed by atoms with Gasteiger partial charge in [0, 0.05) is 31.1 Å². The lowest BCUT2D eigenvalue weighted by atomic mass is 10.1. The van der Waals surface area contributed by atoms with Crippen LogP contribution in [0, 0.1) is 0 Å². The molecule has 27 heavy (non-hydrogen) atoms. The molecule has 1 fully saturated rings. The van der Waals surface area contributed by atoms with E-state index in [2.05, 4.69) is 17.1 Å². The molecule has 1 amide bonds. The summed E-state index contributed by atoms with van der Waals surface area (Å²) in [4.78, 5) is 23.3. The molecule has 2 aromatic heterocycles. The summed E-state index contributed by atoms with van der Waals surface area (Å²) in [6.07, 6.45) is 3.84. The summed E-state index contributed by atoms with van der Waals surface area (Å²) in [5.41, 5.74) is 3.69. The van der Waals surface area contributed by atoms with Gasteiger partial charge in [-0.3, -0.25) is 14.8 Å². The third kappa shape index (κ3) is 4.20. The summed E-state index contributed by atoms with van der Waals surface area (Å²) in [6, 6.07) is 19.8. The van der Waals surface area contributed by atoms with Crippen LogP contribution in [0.4, 0.5) is 0 Å². The molecule has 1 atom stereocenters. The predicted molar refractivity (Wildman–Crippen MR) is 102 cm³/mol. The summed E-state index contributed by atoms with van der Waals surface area (Å²) in [5, 5.41) is 0. The average Bonchev–Trinajstić information content (AvgIpc) is 2.75. The zero-order valence-corrected chi connectivity index (χ0v) is 15.0. The van der Waals surface area contributed by atoms with E-state index >= 15 is 0 Å². The maximum atomic E-state index is 12.7. The number of benzene rings is 1. The Kier molecular flexibility index (Phi) is 5.21. The molecule has 5 heteroatoms. The van der Waals surface area contributed by atoms with Gasteiger partial charge in [-0.05, 0) is 29.8 Å². The number of hydrogen-bond acceptors (Lipinski definition) is 4. The van der Waals surface area contributed by atoms with Gasteiger partial charge in [0.05, 0.1) is 24.4 Å². The van der Waals surface area contributed by atoms with Crippen molar-refractivity contribution in [2.45, 2.75) is 12.5 Å². The Hall–Kier alpha value is -3.05. The highest BCUT2D eigenvalue weighted by Crippen LogP contribution is 2.22. The highest BCUT2D eigenvalue weighted by atomic mass is 16.5. The topological polar surface area (TPSA) is 55.3 Å². The van der Waals surface area contributed by atoms with Crippen molar-refractivity contribution >= 4 is 5.91 Å². The van der Waals surface area contributed by atoms with Crippen LogP contribution in [0.3, 0.4) is 0 Å². The molecular formula is C22H21N3O2. The van der Waals surface area contributed by atoms with Crippen LogP contribution >= 0.6 is 0 Å². The number of ether oxygens (including phenoxy) is 1. The molecule has 4 rings (SSSR count). The number of morpholine rings is 1. The van der Waals surface area contributed by atoms with Gasteiger partial charge in [0.15, 0.2) is 0 Å².